The number of benzene rings is 2. The van der Waals surface area contributed by atoms with Crippen molar-refractivity contribution in [3.05, 3.63) is 59.8 Å². The lowest BCUT2D eigenvalue weighted by Gasteiger charge is -2.32. The second kappa shape index (κ2) is 7.22. The number of ether oxygens (including phenoxy) is 1. The standard InChI is InChI=1S/C23H19F2N4O3/c24-16-8-15(9-17(25)10-16)19-4-5-21-27-28(23(30)29(19)21)12-13-6-18(7-13)31-20-3-1-2-14-11-26-32-22(14)20/h1-3,8-13,18-19H,4-7H2/q+1/b28-12-/t13?,18?,19-/m0/s1. The number of para-hydroxylation sites is 1. The van der Waals surface area contributed by atoms with Crippen LogP contribution in [-0.4, -0.2) is 38.9 Å². The third kappa shape index (κ3) is 3.16. The van der Waals surface area contributed by atoms with Crippen molar-refractivity contribution in [3.8, 4) is 5.75 Å². The molecule has 6 rings (SSSR count). The molecule has 0 unspecified atom stereocenters. The lowest BCUT2D eigenvalue weighted by atomic mass is 9.83. The van der Waals surface area contributed by atoms with E-state index in [1.54, 1.807) is 11.1 Å². The number of aromatic nitrogens is 1. The van der Waals surface area contributed by atoms with E-state index >= 15 is 0 Å². The highest BCUT2D eigenvalue weighted by atomic mass is 19.1. The molecule has 3 heterocycles. The Morgan fingerprint density at radius 1 is 1.19 bits per heavy atom. The molecule has 1 aliphatic carbocycles. The molecule has 1 saturated heterocycles. The number of halogens is 2. The molecule has 32 heavy (non-hydrogen) atoms. The maximum atomic E-state index is 13.7. The van der Waals surface area contributed by atoms with E-state index in [9.17, 15) is 13.6 Å². The molecule has 3 aliphatic rings. The van der Waals surface area contributed by atoms with Crippen LogP contribution in [-0.2, 0) is 0 Å². The molecule has 3 aromatic rings. The van der Waals surface area contributed by atoms with Crippen LogP contribution in [0, 0.1) is 17.6 Å². The fourth-order valence-corrected chi connectivity index (χ4v) is 4.66. The van der Waals surface area contributed by atoms with Crippen LogP contribution >= 0.6 is 0 Å². The zero-order chi connectivity index (χ0) is 21.8. The third-order valence-corrected chi connectivity index (χ3v) is 6.25. The number of nitrogens with zero attached hydrogens (tertiary/aromatic N) is 4. The highest BCUT2D eigenvalue weighted by molar-refractivity contribution is 6.00. The maximum absolute atomic E-state index is 13.7. The Morgan fingerprint density at radius 3 is 2.81 bits per heavy atom. The Kier molecular flexibility index (Phi) is 4.31. The Bertz CT molecular complexity index is 1280. The molecule has 0 bridgehead atoms. The summed E-state index contributed by atoms with van der Waals surface area (Å²) in [4.78, 5) is 14.5. The van der Waals surface area contributed by atoms with Crippen molar-refractivity contribution in [2.75, 3.05) is 0 Å². The number of hydrogen-bond donors (Lipinski definition) is 0. The Balaban J connectivity index is 1.14. The smallest absolute Gasteiger partial charge is 0.486 e. The number of fused-ring (bicyclic) bond motifs is 2. The summed E-state index contributed by atoms with van der Waals surface area (Å²) in [5.74, 6) is 0.132. The van der Waals surface area contributed by atoms with Gasteiger partial charge < -0.3 is 9.26 Å². The zero-order valence-corrected chi connectivity index (χ0v) is 16.9. The van der Waals surface area contributed by atoms with E-state index in [1.807, 2.05) is 24.4 Å². The lowest BCUT2D eigenvalue weighted by molar-refractivity contribution is -0.428. The highest BCUT2D eigenvalue weighted by Gasteiger charge is 2.50. The fraction of sp³-hybridized carbons (Fsp3) is 0.304. The minimum Gasteiger partial charge on any atom is -0.486 e. The number of urea groups is 1. The van der Waals surface area contributed by atoms with Crippen molar-refractivity contribution < 1.29 is 27.5 Å². The topological polar surface area (TPSA) is 70.9 Å². The van der Waals surface area contributed by atoms with Crippen molar-refractivity contribution >= 4 is 29.1 Å². The van der Waals surface area contributed by atoms with Gasteiger partial charge in [-0.1, -0.05) is 15.9 Å². The summed E-state index contributed by atoms with van der Waals surface area (Å²) >= 11 is 0. The molecule has 1 atom stereocenters. The number of carbonyl (C=O) groups is 1. The summed E-state index contributed by atoms with van der Waals surface area (Å²) in [5.41, 5.74) is 1.07. The number of hydrogen-bond acceptors (Lipinski definition) is 5. The normalized spacial score (nSPS) is 25.9. The van der Waals surface area contributed by atoms with Gasteiger partial charge in [0.1, 0.15) is 30.0 Å². The molecule has 1 aromatic heterocycles. The van der Waals surface area contributed by atoms with Gasteiger partial charge in [-0.15, -0.1) is 0 Å². The Morgan fingerprint density at radius 2 is 2.00 bits per heavy atom. The van der Waals surface area contributed by atoms with Gasteiger partial charge in [0.15, 0.2) is 5.75 Å². The van der Waals surface area contributed by atoms with Crippen LogP contribution in [0.15, 0.2) is 52.2 Å². The first-order valence-corrected chi connectivity index (χ1v) is 10.6. The molecule has 162 valence electrons. The average molecular weight is 437 g/mol. The summed E-state index contributed by atoms with van der Waals surface area (Å²) in [6, 6.07) is 8.34. The van der Waals surface area contributed by atoms with Gasteiger partial charge in [-0.2, -0.15) is 9.69 Å². The van der Waals surface area contributed by atoms with Crippen LogP contribution < -0.4 is 4.74 Å². The van der Waals surface area contributed by atoms with E-state index in [4.69, 9.17) is 9.26 Å². The van der Waals surface area contributed by atoms with Crippen molar-refractivity contribution in [1.29, 1.82) is 0 Å². The molecule has 0 radical (unpaired) electrons. The number of amidine groups is 1. The zero-order valence-electron chi connectivity index (χ0n) is 16.9. The molecule has 7 nitrogen and oxygen atoms in total. The summed E-state index contributed by atoms with van der Waals surface area (Å²) < 4.78 is 40.0. The third-order valence-electron chi connectivity index (χ3n) is 6.25. The quantitative estimate of drug-likeness (QED) is 0.558. The monoisotopic (exact) mass is 437 g/mol. The van der Waals surface area contributed by atoms with Gasteiger partial charge in [0.25, 0.3) is 0 Å². The van der Waals surface area contributed by atoms with Gasteiger partial charge in [0, 0.05) is 35.8 Å². The first-order valence-electron chi connectivity index (χ1n) is 10.6. The SMILES string of the molecule is O=C1N2C(=N/[N+]1=C\C1CC(Oc3cccc4cnoc34)C1)CC[C@H]2c1cc(F)cc(F)c1. The van der Waals surface area contributed by atoms with Crippen LogP contribution in [0.4, 0.5) is 13.6 Å². The largest absolute Gasteiger partial charge is 0.525 e. The van der Waals surface area contributed by atoms with Crippen LogP contribution in [0.1, 0.15) is 37.3 Å². The van der Waals surface area contributed by atoms with E-state index in [0.29, 0.717) is 35.6 Å². The van der Waals surface area contributed by atoms with Gasteiger partial charge in [0.2, 0.25) is 11.4 Å². The molecule has 2 amide bonds. The molecule has 0 spiro atoms. The maximum Gasteiger partial charge on any atom is 0.525 e. The van der Waals surface area contributed by atoms with Crippen LogP contribution in [0.3, 0.4) is 0 Å². The van der Waals surface area contributed by atoms with Gasteiger partial charge in [0.05, 0.1) is 6.20 Å². The van der Waals surface area contributed by atoms with Crippen LogP contribution in [0.2, 0.25) is 0 Å². The lowest BCUT2D eigenvalue weighted by Crippen LogP contribution is -2.38. The summed E-state index contributed by atoms with van der Waals surface area (Å²) in [7, 11) is 0. The van der Waals surface area contributed by atoms with E-state index in [-0.39, 0.29) is 18.1 Å². The van der Waals surface area contributed by atoms with Gasteiger partial charge >= 0.3 is 6.03 Å². The van der Waals surface area contributed by atoms with Gasteiger partial charge in [-0.3, -0.25) is 0 Å². The molecular formula is C23H19F2N4O3+. The van der Waals surface area contributed by atoms with Gasteiger partial charge in [-0.25, -0.2) is 8.78 Å². The molecule has 2 aromatic carbocycles. The summed E-state index contributed by atoms with van der Waals surface area (Å²) in [6.07, 6.45) is 6.14. The predicted octanol–water partition coefficient (Wildman–Crippen LogP) is 4.63. The van der Waals surface area contributed by atoms with Crippen molar-refractivity contribution in [2.45, 2.75) is 37.8 Å². The molecule has 2 fully saturated rings. The second-order valence-electron chi connectivity index (χ2n) is 8.39. The van der Waals surface area contributed by atoms with E-state index in [2.05, 4.69) is 10.3 Å². The first-order chi connectivity index (χ1) is 15.5. The summed E-state index contributed by atoms with van der Waals surface area (Å²) in [6.45, 7) is 0. The Hall–Kier alpha value is -3.62. The van der Waals surface area contributed by atoms with Gasteiger partial charge in [-0.05, 0) is 42.2 Å². The minimum atomic E-state index is -0.651. The molecule has 1 saturated carbocycles. The number of amides is 2. The van der Waals surface area contributed by atoms with Crippen molar-refractivity contribution in [3.63, 3.8) is 0 Å². The molecule has 9 heteroatoms. The van der Waals surface area contributed by atoms with E-state index in [1.165, 1.54) is 16.8 Å². The molecule has 0 N–H and O–H groups in total. The van der Waals surface area contributed by atoms with E-state index in [0.717, 1.165) is 24.3 Å². The van der Waals surface area contributed by atoms with E-state index < -0.39 is 17.7 Å². The Labute approximate surface area is 181 Å². The van der Waals surface area contributed by atoms with Crippen LogP contribution in [0.5, 0.6) is 5.75 Å². The minimum absolute atomic E-state index is 0.0140. The van der Waals surface area contributed by atoms with Crippen LogP contribution in [0.25, 0.3) is 11.0 Å². The molecule has 2 aliphatic heterocycles. The predicted molar refractivity (Wildman–Crippen MR) is 110 cm³/mol. The number of rotatable bonds is 4. The summed E-state index contributed by atoms with van der Waals surface area (Å²) in [5, 5.41) is 9.13. The van der Waals surface area contributed by atoms with Crippen molar-refractivity contribution in [1.82, 2.24) is 10.1 Å². The second-order valence-corrected chi connectivity index (χ2v) is 8.39. The average Bonchev–Trinajstić information content (AvgIpc) is 3.43. The number of carbonyl (C=O) groups excluding carboxylic acids is 1. The molecular weight excluding hydrogens is 418 g/mol. The first kappa shape index (κ1) is 19.1. The fourth-order valence-electron chi connectivity index (χ4n) is 4.66. The highest BCUT2D eigenvalue weighted by Crippen LogP contribution is 2.38. The van der Waals surface area contributed by atoms with Crippen molar-refractivity contribution in [2.24, 2.45) is 11.0 Å². The number of hydrazone groups is 1.